The molecule has 2 aromatic heterocycles. The van der Waals surface area contributed by atoms with Gasteiger partial charge in [-0.15, -0.1) is 0 Å². The molecule has 2 bridgehead atoms. The molecule has 0 saturated carbocycles. The number of benzene rings is 1. The third-order valence-electron chi connectivity index (χ3n) is 5.77. The number of fused-ring (bicyclic) bond motifs is 2. The Hall–Kier alpha value is -3.26. The number of nitrogens with zero attached hydrogens (tertiary/aromatic N) is 3. The Balaban J connectivity index is 1.39. The van der Waals surface area contributed by atoms with E-state index in [1.54, 1.807) is 24.5 Å². The first-order valence-electron chi connectivity index (χ1n) is 10.2. The van der Waals surface area contributed by atoms with Gasteiger partial charge in [-0.1, -0.05) is 6.07 Å². The van der Waals surface area contributed by atoms with Crippen molar-refractivity contribution in [1.29, 1.82) is 0 Å². The van der Waals surface area contributed by atoms with Crippen molar-refractivity contribution in [3.63, 3.8) is 0 Å². The molecule has 1 aromatic carbocycles. The summed E-state index contributed by atoms with van der Waals surface area (Å²) in [6.07, 6.45) is 5.52. The number of nitrogens with one attached hydrogen (secondary N) is 3. The van der Waals surface area contributed by atoms with E-state index in [9.17, 15) is 9.18 Å². The second-order valence-corrected chi connectivity index (χ2v) is 7.96. The summed E-state index contributed by atoms with van der Waals surface area (Å²) in [5.41, 5.74) is 3.41. The van der Waals surface area contributed by atoms with E-state index in [-0.39, 0.29) is 11.6 Å². The molecule has 1 amide bonds. The van der Waals surface area contributed by atoms with Gasteiger partial charge in [0.05, 0.1) is 23.3 Å². The van der Waals surface area contributed by atoms with Crippen LogP contribution in [0.2, 0.25) is 0 Å². The average molecular weight is 406 g/mol. The van der Waals surface area contributed by atoms with Crippen molar-refractivity contribution >= 4 is 17.3 Å². The van der Waals surface area contributed by atoms with E-state index in [4.69, 9.17) is 0 Å². The number of halogens is 1. The molecule has 154 valence electrons. The van der Waals surface area contributed by atoms with E-state index < -0.39 is 5.91 Å². The van der Waals surface area contributed by atoms with Gasteiger partial charge in [0.1, 0.15) is 5.82 Å². The number of aryl methyl sites for hydroxylation is 1. The third kappa shape index (κ3) is 3.54. The maximum atomic E-state index is 14.8. The standard InChI is InChI=1S/C22H23FN6O/c1-13-9-14(7-8-24-13)19-10-25-21(27-19)22(30)28-18-4-2-3-17(23)20(18)29-11-15-5-6-16(12-29)26-15/h2-4,7-10,15-16,26H,5-6,11-12H2,1H3,(H,25,27)(H,28,30). The molecule has 30 heavy (non-hydrogen) atoms. The Kier molecular flexibility index (Phi) is 4.71. The summed E-state index contributed by atoms with van der Waals surface area (Å²) < 4.78 is 14.8. The lowest BCUT2D eigenvalue weighted by Gasteiger charge is -2.35. The van der Waals surface area contributed by atoms with Crippen LogP contribution in [0.3, 0.4) is 0 Å². The molecule has 0 aliphatic carbocycles. The fourth-order valence-electron chi connectivity index (χ4n) is 4.40. The smallest absolute Gasteiger partial charge is 0.291 e. The summed E-state index contributed by atoms with van der Waals surface area (Å²) in [6, 6.07) is 9.27. The monoisotopic (exact) mass is 406 g/mol. The summed E-state index contributed by atoms with van der Waals surface area (Å²) in [6.45, 7) is 3.36. The molecule has 0 spiro atoms. The van der Waals surface area contributed by atoms with Crippen LogP contribution in [-0.4, -0.2) is 46.0 Å². The van der Waals surface area contributed by atoms with Gasteiger partial charge in [0.25, 0.3) is 5.91 Å². The number of hydrogen-bond acceptors (Lipinski definition) is 5. The number of pyridine rings is 1. The highest BCUT2D eigenvalue weighted by Crippen LogP contribution is 2.33. The number of H-pyrrole nitrogens is 1. The Bertz CT molecular complexity index is 1080. The third-order valence-corrected chi connectivity index (χ3v) is 5.77. The largest absolute Gasteiger partial charge is 0.364 e. The lowest BCUT2D eigenvalue weighted by Crippen LogP contribution is -2.51. The molecule has 0 radical (unpaired) electrons. The molecule has 2 unspecified atom stereocenters. The predicted octanol–water partition coefficient (Wildman–Crippen LogP) is 3.11. The number of piperazine rings is 1. The predicted molar refractivity (Wildman–Crippen MR) is 113 cm³/mol. The highest BCUT2D eigenvalue weighted by atomic mass is 19.1. The van der Waals surface area contributed by atoms with Gasteiger partial charge in [-0.25, -0.2) is 9.37 Å². The number of anilines is 2. The summed E-state index contributed by atoms with van der Waals surface area (Å²) in [7, 11) is 0. The molecule has 2 aliphatic heterocycles. The first-order valence-corrected chi connectivity index (χ1v) is 10.2. The normalized spacial score (nSPS) is 20.4. The van der Waals surface area contributed by atoms with Gasteiger partial charge in [-0.05, 0) is 44.0 Å². The van der Waals surface area contributed by atoms with Crippen LogP contribution in [0.1, 0.15) is 29.2 Å². The van der Waals surface area contributed by atoms with Gasteiger partial charge >= 0.3 is 0 Å². The number of carbonyl (C=O) groups is 1. The molecule has 2 fully saturated rings. The maximum Gasteiger partial charge on any atom is 0.291 e. The zero-order chi connectivity index (χ0) is 20.7. The number of amides is 1. The number of imidazole rings is 1. The lowest BCUT2D eigenvalue weighted by atomic mass is 10.1. The molecule has 8 heteroatoms. The van der Waals surface area contributed by atoms with Crippen LogP contribution in [0.5, 0.6) is 0 Å². The Labute approximate surface area is 173 Å². The van der Waals surface area contributed by atoms with Crippen molar-refractivity contribution in [1.82, 2.24) is 20.3 Å². The number of para-hydroxylation sites is 1. The van der Waals surface area contributed by atoms with E-state index in [2.05, 4.69) is 25.6 Å². The van der Waals surface area contributed by atoms with E-state index in [1.165, 1.54) is 6.07 Å². The molecular formula is C22H23FN6O. The second-order valence-electron chi connectivity index (χ2n) is 7.96. The van der Waals surface area contributed by atoms with Gasteiger partial charge in [0.2, 0.25) is 0 Å². The van der Waals surface area contributed by atoms with Crippen LogP contribution in [0.25, 0.3) is 11.3 Å². The van der Waals surface area contributed by atoms with Crippen LogP contribution in [0.4, 0.5) is 15.8 Å². The van der Waals surface area contributed by atoms with Gasteiger partial charge in [-0.2, -0.15) is 0 Å². The number of rotatable bonds is 4. The zero-order valence-corrected chi connectivity index (χ0v) is 16.7. The first kappa shape index (κ1) is 18.7. The van der Waals surface area contributed by atoms with Crippen molar-refractivity contribution in [2.24, 2.45) is 0 Å². The number of hydrogen-bond donors (Lipinski definition) is 3. The topological polar surface area (TPSA) is 85.9 Å². The summed E-state index contributed by atoms with van der Waals surface area (Å²) in [4.78, 5) is 26.3. The first-order chi connectivity index (χ1) is 14.6. The maximum absolute atomic E-state index is 14.8. The molecular weight excluding hydrogens is 383 g/mol. The van der Waals surface area contributed by atoms with E-state index in [0.717, 1.165) is 42.9 Å². The van der Waals surface area contributed by atoms with Crippen molar-refractivity contribution in [3.8, 4) is 11.3 Å². The Morgan fingerprint density at radius 1 is 1.20 bits per heavy atom. The molecule has 4 heterocycles. The van der Waals surface area contributed by atoms with Crippen molar-refractivity contribution in [3.05, 3.63) is 60.1 Å². The lowest BCUT2D eigenvalue weighted by molar-refractivity contribution is 0.101. The number of carbonyl (C=O) groups excluding carboxylic acids is 1. The Morgan fingerprint density at radius 3 is 2.77 bits per heavy atom. The van der Waals surface area contributed by atoms with Gasteiger partial charge in [0, 0.05) is 42.6 Å². The second kappa shape index (κ2) is 7.53. The van der Waals surface area contributed by atoms with Crippen molar-refractivity contribution in [2.45, 2.75) is 31.8 Å². The zero-order valence-electron chi connectivity index (χ0n) is 16.7. The summed E-state index contributed by atoms with van der Waals surface area (Å²) >= 11 is 0. The van der Waals surface area contributed by atoms with E-state index in [0.29, 0.717) is 23.5 Å². The molecule has 7 nitrogen and oxygen atoms in total. The van der Waals surface area contributed by atoms with Crippen molar-refractivity contribution in [2.75, 3.05) is 23.3 Å². The number of aromatic nitrogens is 3. The van der Waals surface area contributed by atoms with E-state index in [1.807, 2.05) is 24.0 Å². The Morgan fingerprint density at radius 2 is 2.00 bits per heavy atom. The minimum atomic E-state index is -0.406. The SMILES string of the molecule is Cc1cc(-c2cnc(C(=O)Nc3cccc(F)c3N3CC4CCC(C3)N4)[nH]2)ccn1. The van der Waals surface area contributed by atoms with Gasteiger partial charge in [0.15, 0.2) is 5.82 Å². The fourth-order valence-corrected chi connectivity index (χ4v) is 4.40. The van der Waals surface area contributed by atoms with Crippen LogP contribution in [-0.2, 0) is 0 Å². The van der Waals surface area contributed by atoms with Gasteiger partial charge < -0.3 is 20.5 Å². The molecule has 5 rings (SSSR count). The highest BCUT2D eigenvalue weighted by Gasteiger charge is 2.34. The summed E-state index contributed by atoms with van der Waals surface area (Å²) in [5.74, 6) is -0.562. The number of aromatic amines is 1. The molecule has 3 aromatic rings. The quantitative estimate of drug-likeness (QED) is 0.620. The molecule has 2 atom stereocenters. The summed E-state index contributed by atoms with van der Waals surface area (Å²) in [5, 5.41) is 6.39. The van der Waals surface area contributed by atoms with Crippen molar-refractivity contribution < 1.29 is 9.18 Å². The van der Waals surface area contributed by atoms with Crippen LogP contribution in [0, 0.1) is 12.7 Å². The van der Waals surface area contributed by atoms with Crippen LogP contribution >= 0.6 is 0 Å². The minimum absolute atomic E-state index is 0.176. The fraction of sp³-hybridized carbons (Fsp3) is 0.318. The molecule has 3 N–H and O–H groups in total. The van der Waals surface area contributed by atoms with Crippen LogP contribution in [0.15, 0.2) is 42.7 Å². The molecule has 2 saturated heterocycles. The molecule has 2 aliphatic rings. The van der Waals surface area contributed by atoms with Crippen LogP contribution < -0.4 is 15.5 Å². The van der Waals surface area contributed by atoms with E-state index >= 15 is 0 Å². The minimum Gasteiger partial charge on any atom is -0.364 e. The van der Waals surface area contributed by atoms with Gasteiger partial charge in [-0.3, -0.25) is 9.78 Å². The average Bonchev–Trinajstić information content (AvgIpc) is 3.35. The highest BCUT2D eigenvalue weighted by molar-refractivity contribution is 6.04.